The first kappa shape index (κ1) is 14.3. The summed E-state index contributed by atoms with van der Waals surface area (Å²) in [4.78, 5) is 12.2. The van der Waals surface area contributed by atoms with E-state index >= 15 is 0 Å². The quantitative estimate of drug-likeness (QED) is 0.706. The van der Waals surface area contributed by atoms with E-state index in [1.165, 1.54) is 6.42 Å². The zero-order valence-electron chi connectivity index (χ0n) is 10.6. The summed E-state index contributed by atoms with van der Waals surface area (Å²) >= 11 is 5.62. The highest BCUT2D eigenvalue weighted by Gasteiger charge is 2.31. The molecule has 1 saturated carbocycles. The summed E-state index contributed by atoms with van der Waals surface area (Å²) in [5.74, 6) is 0.0448. The fourth-order valence-corrected chi connectivity index (χ4v) is 3.44. The van der Waals surface area contributed by atoms with Gasteiger partial charge >= 0.3 is 0 Å². The Morgan fingerprint density at radius 1 is 1.50 bits per heavy atom. The van der Waals surface area contributed by atoms with Crippen molar-refractivity contribution in [3.05, 3.63) is 31.8 Å². The third kappa shape index (κ3) is 3.47. The SMILES string of the molecule is CC1(C)CCC(NC(=O)c2cc(Br)ccc2I)C1. The van der Waals surface area contributed by atoms with Crippen molar-refractivity contribution >= 4 is 44.4 Å². The van der Waals surface area contributed by atoms with Gasteiger partial charge in [-0.05, 0) is 65.5 Å². The molecule has 2 rings (SSSR count). The molecule has 1 aliphatic rings. The lowest BCUT2D eigenvalue weighted by atomic mass is 9.92. The van der Waals surface area contributed by atoms with Crippen LogP contribution >= 0.6 is 38.5 Å². The first-order chi connectivity index (χ1) is 8.37. The van der Waals surface area contributed by atoms with E-state index in [0.29, 0.717) is 11.5 Å². The molecule has 4 heteroatoms. The number of amides is 1. The van der Waals surface area contributed by atoms with Crippen LogP contribution in [-0.4, -0.2) is 11.9 Å². The van der Waals surface area contributed by atoms with Crippen LogP contribution in [0.5, 0.6) is 0 Å². The van der Waals surface area contributed by atoms with Gasteiger partial charge in [0.1, 0.15) is 0 Å². The van der Waals surface area contributed by atoms with Crippen molar-refractivity contribution in [1.29, 1.82) is 0 Å². The van der Waals surface area contributed by atoms with Gasteiger partial charge in [0.15, 0.2) is 0 Å². The van der Waals surface area contributed by atoms with Crippen molar-refractivity contribution in [1.82, 2.24) is 5.32 Å². The van der Waals surface area contributed by atoms with Gasteiger partial charge in [-0.15, -0.1) is 0 Å². The van der Waals surface area contributed by atoms with Gasteiger partial charge in [0.05, 0.1) is 5.56 Å². The van der Waals surface area contributed by atoms with Gasteiger partial charge in [-0.2, -0.15) is 0 Å². The van der Waals surface area contributed by atoms with Gasteiger partial charge < -0.3 is 5.32 Å². The molecule has 1 N–H and O–H groups in total. The number of hydrogen-bond donors (Lipinski definition) is 1. The molecule has 18 heavy (non-hydrogen) atoms. The number of hydrogen-bond acceptors (Lipinski definition) is 1. The molecule has 1 aromatic rings. The molecule has 98 valence electrons. The highest BCUT2D eigenvalue weighted by atomic mass is 127. The Balaban J connectivity index is 2.06. The van der Waals surface area contributed by atoms with Gasteiger partial charge in [-0.1, -0.05) is 29.8 Å². The van der Waals surface area contributed by atoms with Crippen LogP contribution in [0, 0.1) is 8.99 Å². The van der Waals surface area contributed by atoms with Gasteiger partial charge in [-0.25, -0.2) is 0 Å². The van der Waals surface area contributed by atoms with E-state index in [9.17, 15) is 4.79 Å². The molecule has 0 saturated heterocycles. The molecule has 1 aliphatic carbocycles. The van der Waals surface area contributed by atoms with Gasteiger partial charge in [0.2, 0.25) is 0 Å². The monoisotopic (exact) mass is 421 g/mol. The standard InChI is InChI=1S/C14H17BrINO/c1-14(2)6-5-10(8-14)17-13(18)11-7-9(15)3-4-12(11)16/h3-4,7,10H,5-6,8H2,1-2H3,(H,17,18). The number of carbonyl (C=O) groups is 1. The molecule has 0 bridgehead atoms. The van der Waals surface area contributed by atoms with Crippen molar-refractivity contribution in [2.45, 2.75) is 39.2 Å². The molecule has 0 spiro atoms. The van der Waals surface area contributed by atoms with Crippen LogP contribution in [0.3, 0.4) is 0 Å². The Hall–Kier alpha value is -0.100. The first-order valence-corrected chi connectivity index (χ1v) is 8.00. The zero-order valence-corrected chi connectivity index (χ0v) is 14.3. The average Bonchev–Trinajstić information content (AvgIpc) is 2.61. The number of carbonyl (C=O) groups excluding carboxylic acids is 1. The maximum Gasteiger partial charge on any atom is 0.252 e. The van der Waals surface area contributed by atoms with Crippen molar-refractivity contribution in [3.63, 3.8) is 0 Å². The highest BCUT2D eigenvalue weighted by molar-refractivity contribution is 14.1. The maximum atomic E-state index is 12.2. The third-order valence-electron chi connectivity index (χ3n) is 3.48. The predicted molar refractivity (Wildman–Crippen MR) is 85.7 cm³/mol. The first-order valence-electron chi connectivity index (χ1n) is 6.13. The molecule has 0 aliphatic heterocycles. The van der Waals surface area contributed by atoms with Crippen LogP contribution < -0.4 is 5.32 Å². The topological polar surface area (TPSA) is 29.1 Å². The average molecular weight is 422 g/mol. The molecular weight excluding hydrogens is 405 g/mol. The minimum absolute atomic E-state index is 0.0448. The van der Waals surface area contributed by atoms with E-state index in [2.05, 4.69) is 57.7 Å². The van der Waals surface area contributed by atoms with Gasteiger partial charge in [-0.3, -0.25) is 4.79 Å². The summed E-state index contributed by atoms with van der Waals surface area (Å²) in [6, 6.07) is 6.12. The van der Waals surface area contributed by atoms with Crippen LogP contribution in [0.15, 0.2) is 22.7 Å². The molecule has 0 heterocycles. The zero-order chi connectivity index (χ0) is 13.3. The van der Waals surface area contributed by atoms with Crippen molar-refractivity contribution in [2.75, 3.05) is 0 Å². The Morgan fingerprint density at radius 2 is 2.22 bits per heavy atom. The highest BCUT2D eigenvalue weighted by Crippen LogP contribution is 2.37. The lowest BCUT2D eigenvalue weighted by Gasteiger charge is -2.18. The Labute approximate surface area is 130 Å². The second-order valence-electron chi connectivity index (χ2n) is 5.70. The van der Waals surface area contributed by atoms with Gasteiger partial charge in [0.25, 0.3) is 5.91 Å². The molecule has 1 atom stereocenters. The maximum absolute atomic E-state index is 12.2. The third-order valence-corrected chi connectivity index (χ3v) is 4.91. The summed E-state index contributed by atoms with van der Waals surface area (Å²) in [6.07, 6.45) is 3.35. The van der Waals surface area contributed by atoms with E-state index < -0.39 is 0 Å². The van der Waals surface area contributed by atoms with E-state index in [-0.39, 0.29) is 5.91 Å². The predicted octanol–water partition coefficient (Wildman–Crippen LogP) is 4.36. The van der Waals surface area contributed by atoms with Gasteiger partial charge in [0, 0.05) is 14.1 Å². The second-order valence-corrected chi connectivity index (χ2v) is 7.78. The van der Waals surface area contributed by atoms with Crippen LogP contribution in [-0.2, 0) is 0 Å². The molecule has 1 fully saturated rings. The van der Waals surface area contributed by atoms with Crippen LogP contribution in [0.1, 0.15) is 43.5 Å². The fraction of sp³-hybridized carbons (Fsp3) is 0.500. The summed E-state index contributed by atoms with van der Waals surface area (Å²) in [6.45, 7) is 4.53. The minimum Gasteiger partial charge on any atom is -0.349 e. The van der Waals surface area contributed by atoms with Crippen LogP contribution in [0.4, 0.5) is 0 Å². The molecular formula is C14H17BrINO. The van der Waals surface area contributed by atoms with Crippen LogP contribution in [0.25, 0.3) is 0 Å². The normalized spacial score (nSPS) is 21.9. The van der Waals surface area contributed by atoms with E-state index in [1.54, 1.807) is 0 Å². The Bertz CT molecular complexity index is 473. The lowest BCUT2D eigenvalue weighted by molar-refractivity contribution is 0.0935. The number of halogens is 2. The fourth-order valence-electron chi connectivity index (χ4n) is 2.49. The molecule has 0 aromatic heterocycles. The van der Waals surface area contributed by atoms with E-state index in [1.807, 2.05) is 18.2 Å². The summed E-state index contributed by atoms with van der Waals surface area (Å²) in [7, 11) is 0. The minimum atomic E-state index is 0.0448. The summed E-state index contributed by atoms with van der Waals surface area (Å²) < 4.78 is 1.94. The lowest BCUT2D eigenvalue weighted by Crippen LogP contribution is -2.33. The molecule has 1 unspecified atom stereocenters. The largest absolute Gasteiger partial charge is 0.349 e. The molecule has 1 amide bonds. The smallest absolute Gasteiger partial charge is 0.252 e. The van der Waals surface area contributed by atoms with Crippen molar-refractivity contribution in [3.8, 4) is 0 Å². The summed E-state index contributed by atoms with van der Waals surface area (Å²) in [5, 5.41) is 3.15. The van der Waals surface area contributed by atoms with E-state index in [4.69, 9.17) is 0 Å². The number of benzene rings is 1. The van der Waals surface area contributed by atoms with E-state index in [0.717, 1.165) is 26.4 Å². The number of rotatable bonds is 2. The van der Waals surface area contributed by atoms with Crippen molar-refractivity contribution in [2.24, 2.45) is 5.41 Å². The molecule has 2 nitrogen and oxygen atoms in total. The molecule has 0 radical (unpaired) electrons. The van der Waals surface area contributed by atoms with Crippen molar-refractivity contribution < 1.29 is 4.79 Å². The Kier molecular flexibility index (Phi) is 4.36. The molecule has 1 aromatic carbocycles. The number of nitrogens with one attached hydrogen (secondary N) is 1. The Morgan fingerprint density at radius 3 is 2.83 bits per heavy atom. The summed E-state index contributed by atoms with van der Waals surface area (Å²) in [5.41, 5.74) is 1.12. The van der Waals surface area contributed by atoms with Crippen LogP contribution in [0.2, 0.25) is 0 Å². The second kappa shape index (κ2) is 5.49.